The molecule has 0 spiro atoms. The van der Waals surface area contributed by atoms with Crippen molar-refractivity contribution in [3.05, 3.63) is 58.5 Å². The third-order valence-corrected chi connectivity index (χ3v) is 5.60. The predicted octanol–water partition coefficient (Wildman–Crippen LogP) is 3.12. The van der Waals surface area contributed by atoms with Crippen molar-refractivity contribution in [1.82, 2.24) is 24.3 Å². The van der Waals surface area contributed by atoms with E-state index >= 15 is 0 Å². The number of hydrogen-bond donors (Lipinski definition) is 2. The summed E-state index contributed by atoms with van der Waals surface area (Å²) in [6, 6.07) is 13.3. The first-order chi connectivity index (χ1) is 13.9. The Balaban J connectivity index is 0.00000256. The van der Waals surface area contributed by atoms with Crippen molar-refractivity contribution in [1.29, 1.82) is 0 Å². The fourth-order valence-electron chi connectivity index (χ4n) is 3.18. The summed E-state index contributed by atoms with van der Waals surface area (Å²) in [5.74, 6) is 0.690. The predicted molar refractivity (Wildman–Crippen MR) is 121 cm³/mol. The van der Waals surface area contributed by atoms with Gasteiger partial charge < -0.3 is 5.32 Å². The van der Waals surface area contributed by atoms with Crippen LogP contribution >= 0.6 is 24.2 Å². The molecule has 0 aliphatic rings. The van der Waals surface area contributed by atoms with Crippen molar-refractivity contribution >= 4 is 46.8 Å². The summed E-state index contributed by atoms with van der Waals surface area (Å²) in [4.78, 5) is 28.8. The maximum Gasteiger partial charge on any atom is 0.328 e. The van der Waals surface area contributed by atoms with Gasteiger partial charge in [0.25, 0.3) is 0 Å². The molecule has 0 aliphatic carbocycles. The summed E-state index contributed by atoms with van der Waals surface area (Å²) in [6.07, 6.45) is 0. The molecule has 4 rings (SSSR count). The summed E-state index contributed by atoms with van der Waals surface area (Å²) in [7, 11) is 3.43. The molecule has 0 unspecified atom stereocenters. The normalized spacial score (nSPS) is 10.8. The molecule has 0 saturated carbocycles. The highest BCUT2D eigenvalue weighted by molar-refractivity contribution is 7.99. The zero-order chi connectivity index (χ0) is 20.5. The van der Waals surface area contributed by atoms with Crippen LogP contribution in [0.4, 0.5) is 5.69 Å². The summed E-state index contributed by atoms with van der Waals surface area (Å²) < 4.78 is 3.13. The fourth-order valence-corrected chi connectivity index (χ4v) is 3.78. The third-order valence-electron chi connectivity index (χ3n) is 4.75. The van der Waals surface area contributed by atoms with Gasteiger partial charge in [-0.1, -0.05) is 36.0 Å². The van der Waals surface area contributed by atoms with Gasteiger partial charge in [0.1, 0.15) is 0 Å². The van der Waals surface area contributed by atoms with Crippen LogP contribution < -0.4 is 11.0 Å². The highest BCUT2D eigenvalue weighted by atomic mass is 35.5. The van der Waals surface area contributed by atoms with Crippen LogP contribution in [-0.2, 0) is 18.9 Å². The number of halogens is 1. The van der Waals surface area contributed by atoms with Gasteiger partial charge in [0, 0.05) is 25.3 Å². The van der Waals surface area contributed by atoms with Crippen molar-refractivity contribution in [2.45, 2.75) is 12.1 Å². The Bertz CT molecular complexity index is 1280. The number of aryl methyl sites for hydroxylation is 3. The molecule has 10 heteroatoms. The van der Waals surface area contributed by atoms with Crippen LogP contribution in [0, 0.1) is 6.92 Å². The van der Waals surface area contributed by atoms with E-state index in [1.54, 1.807) is 35.4 Å². The van der Waals surface area contributed by atoms with Crippen LogP contribution in [0.5, 0.6) is 0 Å². The molecule has 4 aromatic rings. The number of benzene rings is 2. The van der Waals surface area contributed by atoms with E-state index in [1.807, 2.05) is 37.3 Å². The van der Waals surface area contributed by atoms with Crippen LogP contribution in [0.3, 0.4) is 0 Å². The van der Waals surface area contributed by atoms with Crippen LogP contribution in [0.15, 0.2) is 52.4 Å². The van der Waals surface area contributed by atoms with Crippen LogP contribution in [0.1, 0.15) is 5.56 Å². The molecule has 0 aliphatic heterocycles. The highest BCUT2D eigenvalue weighted by Gasteiger charge is 2.12. The molecular weight excluding hydrogens is 424 g/mol. The van der Waals surface area contributed by atoms with E-state index in [-0.39, 0.29) is 29.8 Å². The minimum absolute atomic E-state index is 0. The van der Waals surface area contributed by atoms with Crippen molar-refractivity contribution in [3.63, 3.8) is 0 Å². The second-order valence-electron chi connectivity index (χ2n) is 6.72. The van der Waals surface area contributed by atoms with E-state index in [0.29, 0.717) is 16.7 Å². The lowest BCUT2D eigenvalue weighted by atomic mass is 10.1. The quantitative estimate of drug-likeness (QED) is 0.461. The number of nitrogens with zero attached hydrogens (tertiary/aromatic N) is 4. The minimum atomic E-state index is -0.169. The van der Waals surface area contributed by atoms with E-state index in [0.717, 1.165) is 22.2 Å². The number of fused-ring (bicyclic) bond motifs is 1. The van der Waals surface area contributed by atoms with Gasteiger partial charge in [-0.05, 0) is 30.7 Å². The molecule has 2 heterocycles. The second-order valence-corrected chi connectivity index (χ2v) is 7.66. The third kappa shape index (κ3) is 4.12. The first-order valence-electron chi connectivity index (χ1n) is 9.00. The lowest BCUT2D eigenvalue weighted by Crippen LogP contribution is -2.19. The maximum absolute atomic E-state index is 12.3. The van der Waals surface area contributed by atoms with Gasteiger partial charge in [0.2, 0.25) is 11.1 Å². The molecule has 0 saturated heterocycles. The van der Waals surface area contributed by atoms with Crippen LogP contribution in [0.25, 0.3) is 22.4 Å². The lowest BCUT2D eigenvalue weighted by Gasteiger charge is -2.05. The van der Waals surface area contributed by atoms with Gasteiger partial charge in [0.05, 0.1) is 16.8 Å². The van der Waals surface area contributed by atoms with Crippen molar-refractivity contribution in [2.24, 2.45) is 14.1 Å². The molecule has 0 bridgehead atoms. The summed E-state index contributed by atoms with van der Waals surface area (Å²) in [5.41, 5.74) is 4.20. The van der Waals surface area contributed by atoms with E-state index in [9.17, 15) is 9.59 Å². The number of rotatable bonds is 5. The molecule has 0 radical (unpaired) electrons. The minimum Gasteiger partial charge on any atom is -0.325 e. The Kier molecular flexibility index (Phi) is 6.33. The number of aromatic amines is 1. The Morgan fingerprint density at radius 3 is 2.63 bits per heavy atom. The molecule has 156 valence electrons. The molecule has 2 aromatic heterocycles. The molecule has 2 N–H and O–H groups in total. The number of amides is 1. The number of hydrogen-bond acceptors (Lipinski definition) is 5. The number of H-pyrrole nitrogens is 1. The first-order valence-corrected chi connectivity index (χ1v) is 9.99. The Morgan fingerprint density at radius 2 is 1.87 bits per heavy atom. The Hall–Kier alpha value is -3.04. The first kappa shape index (κ1) is 21.7. The molecule has 8 nitrogen and oxygen atoms in total. The number of carbonyl (C=O) groups is 1. The summed E-state index contributed by atoms with van der Waals surface area (Å²) in [5, 5.41) is 10.5. The smallest absolute Gasteiger partial charge is 0.325 e. The highest BCUT2D eigenvalue weighted by Crippen LogP contribution is 2.22. The summed E-state index contributed by atoms with van der Waals surface area (Å²) in [6.45, 7) is 2.01. The largest absolute Gasteiger partial charge is 0.328 e. The van der Waals surface area contributed by atoms with Crippen LogP contribution in [0.2, 0.25) is 0 Å². The number of anilines is 1. The molecule has 0 atom stereocenters. The fraction of sp³-hybridized carbons (Fsp3) is 0.200. The lowest BCUT2D eigenvalue weighted by molar-refractivity contribution is -0.113. The van der Waals surface area contributed by atoms with Gasteiger partial charge >= 0.3 is 5.69 Å². The second kappa shape index (κ2) is 8.76. The Labute approximate surface area is 183 Å². The maximum atomic E-state index is 12.3. The van der Waals surface area contributed by atoms with Gasteiger partial charge in [0.15, 0.2) is 5.82 Å². The standard InChI is InChI=1S/C20H20N6O2S.ClH/c1-12-6-4-5-7-14(12)18-22-19(24-23-18)29-11-17(27)21-13-8-9-15-16(10-13)26(3)20(28)25(15)2;/h4-10H,11H2,1-3H3,(H,21,27)(H,22,23,24);1H. The van der Waals surface area contributed by atoms with Gasteiger partial charge in [-0.15, -0.1) is 17.5 Å². The van der Waals surface area contributed by atoms with Crippen molar-refractivity contribution < 1.29 is 4.79 Å². The number of aromatic nitrogens is 5. The van der Waals surface area contributed by atoms with Crippen molar-refractivity contribution in [2.75, 3.05) is 11.1 Å². The van der Waals surface area contributed by atoms with E-state index < -0.39 is 0 Å². The number of nitrogens with one attached hydrogen (secondary N) is 2. The number of thioether (sulfide) groups is 1. The van der Waals surface area contributed by atoms with Gasteiger partial charge in [-0.2, -0.15) is 0 Å². The van der Waals surface area contributed by atoms with E-state index in [1.165, 1.54) is 11.8 Å². The van der Waals surface area contributed by atoms with E-state index in [4.69, 9.17) is 0 Å². The summed E-state index contributed by atoms with van der Waals surface area (Å²) >= 11 is 1.26. The Morgan fingerprint density at radius 1 is 1.13 bits per heavy atom. The van der Waals surface area contributed by atoms with Crippen LogP contribution in [-0.4, -0.2) is 36.0 Å². The van der Waals surface area contributed by atoms with Gasteiger partial charge in [-0.25, -0.2) is 9.78 Å². The topological polar surface area (TPSA) is 97.6 Å². The average Bonchev–Trinajstić information content (AvgIpc) is 3.27. The van der Waals surface area contributed by atoms with Crippen molar-refractivity contribution in [3.8, 4) is 11.4 Å². The SMILES string of the molecule is Cc1ccccc1-c1nc(SCC(=O)Nc2ccc3c(c2)n(C)c(=O)n3C)n[nH]1.Cl. The monoisotopic (exact) mass is 444 g/mol. The zero-order valence-electron chi connectivity index (χ0n) is 16.7. The van der Waals surface area contributed by atoms with E-state index in [2.05, 4.69) is 20.5 Å². The zero-order valence-corrected chi connectivity index (χ0v) is 18.3. The molecule has 30 heavy (non-hydrogen) atoms. The number of imidazole rings is 1. The molecular formula is C20H21ClN6O2S. The molecule has 1 amide bonds. The average molecular weight is 445 g/mol. The number of carbonyl (C=O) groups excluding carboxylic acids is 1. The van der Waals surface area contributed by atoms with Gasteiger partial charge in [-0.3, -0.25) is 19.0 Å². The molecule has 2 aromatic carbocycles. The molecule has 0 fully saturated rings.